The van der Waals surface area contributed by atoms with Crippen LogP contribution in [0.25, 0.3) is 0 Å². The summed E-state index contributed by atoms with van der Waals surface area (Å²) in [7, 11) is 0. The molecule has 0 heterocycles. The Morgan fingerprint density at radius 3 is 2.33 bits per heavy atom. The lowest BCUT2D eigenvalue weighted by Crippen LogP contribution is -2.41. The number of rotatable bonds is 4. The summed E-state index contributed by atoms with van der Waals surface area (Å²) in [5.74, 6) is -1.28. The third-order valence-corrected chi connectivity index (χ3v) is 1.97. The Bertz CT molecular complexity index is 305. The molecule has 1 rings (SSSR count). The van der Waals surface area contributed by atoms with Gasteiger partial charge in [0.2, 0.25) is 0 Å². The third kappa shape index (κ3) is 4.29. The van der Waals surface area contributed by atoms with E-state index in [9.17, 15) is 4.79 Å². The van der Waals surface area contributed by atoms with Gasteiger partial charge in [-0.3, -0.25) is 0 Å². The van der Waals surface area contributed by atoms with Crippen molar-refractivity contribution >= 4 is 18.4 Å². The number of aliphatic carboxylic acids is 1. The first-order valence-corrected chi connectivity index (χ1v) is 4.31. The van der Waals surface area contributed by atoms with E-state index in [1.165, 1.54) is 0 Å². The molecule has 0 fully saturated rings. The number of benzene rings is 1. The molecule has 5 heteroatoms. The van der Waals surface area contributed by atoms with Gasteiger partial charge in [0, 0.05) is 6.04 Å². The van der Waals surface area contributed by atoms with Crippen molar-refractivity contribution in [2.45, 2.75) is 18.6 Å². The molecule has 0 radical (unpaired) electrons. The fourth-order valence-corrected chi connectivity index (χ4v) is 1.18. The van der Waals surface area contributed by atoms with E-state index in [1.807, 2.05) is 30.3 Å². The Morgan fingerprint density at radius 2 is 1.87 bits per heavy atom. The van der Waals surface area contributed by atoms with E-state index < -0.39 is 18.1 Å². The normalized spacial score (nSPS) is 13.7. The van der Waals surface area contributed by atoms with Gasteiger partial charge in [0.1, 0.15) is 0 Å². The average molecular weight is 232 g/mol. The summed E-state index contributed by atoms with van der Waals surface area (Å²) in [4.78, 5) is 10.4. The monoisotopic (exact) mass is 231 g/mol. The molecule has 0 aromatic heterocycles. The number of nitrogens with two attached hydrogens (primary N) is 1. The molecule has 4 nitrogen and oxygen atoms in total. The highest BCUT2D eigenvalue weighted by Gasteiger charge is 2.21. The summed E-state index contributed by atoms with van der Waals surface area (Å²) in [6.07, 6.45) is -1.15. The lowest BCUT2D eigenvalue weighted by atomic mass is 10.0. The van der Waals surface area contributed by atoms with Crippen LogP contribution in [0.2, 0.25) is 0 Å². The summed E-state index contributed by atoms with van der Waals surface area (Å²) in [5.41, 5.74) is 6.44. The van der Waals surface area contributed by atoms with E-state index in [1.54, 1.807) is 0 Å². The van der Waals surface area contributed by atoms with Gasteiger partial charge in [0.05, 0.1) is 0 Å². The number of carboxylic acids is 1. The van der Waals surface area contributed by atoms with Crippen LogP contribution >= 0.6 is 12.4 Å². The molecule has 0 aliphatic rings. The highest BCUT2D eigenvalue weighted by atomic mass is 35.5. The Labute approximate surface area is 94.1 Å². The summed E-state index contributed by atoms with van der Waals surface area (Å²) in [6.45, 7) is 0. The zero-order valence-electron chi connectivity index (χ0n) is 8.04. The van der Waals surface area contributed by atoms with Gasteiger partial charge in [0.15, 0.2) is 6.10 Å². The second kappa shape index (κ2) is 6.40. The van der Waals surface area contributed by atoms with Gasteiger partial charge in [-0.2, -0.15) is 0 Å². The molecule has 1 unspecified atom stereocenters. The molecular formula is C10H14ClNO3. The molecular weight excluding hydrogens is 218 g/mol. The maximum Gasteiger partial charge on any atom is 0.334 e. The van der Waals surface area contributed by atoms with Crippen LogP contribution in [-0.4, -0.2) is 28.3 Å². The van der Waals surface area contributed by atoms with Gasteiger partial charge in [-0.25, -0.2) is 4.79 Å². The quantitative estimate of drug-likeness (QED) is 0.702. The second-order valence-corrected chi connectivity index (χ2v) is 3.14. The topological polar surface area (TPSA) is 83.5 Å². The van der Waals surface area contributed by atoms with Crippen molar-refractivity contribution in [3.05, 3.63) is 35.9 Å². The largest absolute Gasteiger partial charge is 0.479 e. The number of hydrogen-bond acceptors (Lipinski definition) is 3. The zero-order chi connectivity index (χ0) is 10.6. The SMILES string of the molecule is Cl.NC(Cc1ccccc1)[C@H](O)C(=O)O. The zero-order valence-corrected chi connectivity index (χ0v) is 8.85. The minimum Gasteiger partial charge on any atom is -0.479 e. The minimum absolute atomic E-state index is 0. The predicted molar refractivity (Wildman–Crippen MR) is 59.0 cm³/mol. The van der Waals surface area contributed by atoms with E-state index in [-0.39, 0.29) is 12.4 Å². The molecule has 1 aromatic carbocycles. The Morgan fingerprint density at radius 1 is 1.33 bits per heavy atom. The van der Waals surface area contributed by atoms with Gasteiger partial charge < -0.3 is 15.9 Å². The molecule has 0 aliphatic heterocycles. The summed E-state index contributed by atoms with van der Waals surface area (Å²) in [6, 6.07) is 8.46. The second-order valence-electron chi connectivity index (χ2n) is 3.14. The standard InChI is InChI=1S/C10H13NO3.ClH/c11-8(9(12)10(13)14)6-7-4-2-1-3-5-7;/h1-5,8-9,12H,6,11H2,(H,13,14);1H/t8?,9-;/m0./s1. The molecule has 0 amide bonds. The van der Waals surface area contributed by atoms with Crippen molar-refractivity contribution in [1.82, 2.24) is 0 Å². The number of halogens is 1. The van der Waals surface area contributed by atoms with Crippen molar-refractivity contribution in [1.29, 1.82) is 0 Å². The van der Waals surface area contributed by atoms with Crippen LogP contribution in [0, 0.1) is 0 Å². The highest BCUT2D eigenvalue weighted by molar-refractivity contribution is 5.85. The van der Waals surface area contributed by atoms with E-state index in [0.717, 1.165) is 5.56 Å². The molecule has 2 atom stereocenters. The molecule has 0 saturated heterocycles. The van der Waals surface area contributed by atoms with Crippen LogP contribution in [0.1, 0.15) is 5.56 Å². The summed E-state index contributed by atoms with van der Waals surface area (Å²) < 4.78 is 0. The van der Waals surface area contributed by atoms with Gasteiger partial charge in [-0.1, -0.05) is 30.3 Å². The summed E-state index contributed by atoms with van der Waals surface area (Å²) >= 11 is 0. The first kappa shape index (κ1) is 13.9. The fourth-order valence-electron chi connectivity index (χ4n) is 1.18. The van der Waals surface area contributed by atoms with Gasteiger partial charge in [-0.05, 0) is 12.0 Å². The number of hydrogen-bond donors (Lipinski definition) is 3. The van der Waals surface area contributed by atoms with Gasteiger partial charge in [-0.15, -0.1) is 12.4 Å². The summed E-state index contributed by atoms with van der Waals surface area (Å²) in [5, 5.41) is 17.6. The molecule has 4 N–H and O–H groups in total. The van der Waals surface area contributed by atoms with Gasteiger partial charge in [0.25, 0.3) is 0 Å². The van der Waals surface area contributed by atoms with Crippen LogP contribution in [0.5, 0.6) is 0 Å². The smallest absolute Gasteiger partial charge is 0.334 e. The number of carbonyl (C=O) groups is 1. The predicted octanol–water partition coefficient (Wildman–Crippen LogP) is 0.424. The molecule has 1 aromatic rings. The first-order valence-electron chi connectivity index (χ1n) is 4.31. The van der Waals surface area contributed by atoms with Crippen LogP contribution in [0.4, 0.5) is 0 Å². The maximum absolute atomic E-state index is 10.4. The van der Waals surface area contributed by atoms with Crippen molar-refractivity contribution in [2.24, 2.45) is 5.73 Å². The fraction of sp³-hybridized carbons (Fsp3) is 0.300. The third-order valence-electron chi connectivity index (χ3n) is 1.97. The number of aliphatic hydroxyl groups is 1. The lowest BCUT2D eigenvalue weighted by Gasteiger charge is -2.14. The lowest BCUT2D eigenvalue weighted by molar-refractivity contribution is -0.147. The van der Waals surface area contributed by atoms with Crippen molar-refractivity contribution in [3.8, 4) is 0 Å². The first-order chi connectivity index (χ1) is 6.61. The molecule has 0 saturated carbocycles. The molecule has 0 bridgehead atoms. The van der Waals surface area contributed by atoms with Crippen LogP contribution in [0.15, 0.2) is 30.3 Å². The van der Waals surface area contributed by atoms with Gasteiger partial charge >= 0.3 is 5.97 Å². The van der Waals surface area contributed by atoms with Crippen molar-refractivity contribution in [2.75, 3.05) is 0 Å². The number of aliphatic hydroxyl groups excluding tert-OH is 1. The van der Waals surface area contributed by atoms with E-state index in [2.05, 4.69) is 0 Å². The van der Waals surface area contributed by atoms with E-state index in [4.69, 9.17) is 15.9 Å². The Balaban J connectivity index is 0.00000196. The Kier molecular flexibility index (Phi) is 5.93. The average Bonchev–Trinajstić information content (AvgIpc) is 2.18. The van der Waals surface area contributed by atoms with Crippen LogP contribution in [-0.2, 0) is 11.2 Å². The highest BCUT2D eigenvalue weighted by Crippen LogP contribution is 2.04. The molecule has 0 spiro atoms. The molecule has 84 valence electrons. The van der Waals surface area contributed by atoms with Crippen LogP contribution in [0.3, 0.4) is 0 Å². The molecule has 0 aliphatic carbocycles. The van der Waals surface area contributed by atoms with Crippen molar-refractivity contribution < 1.29 is 15.0 Å². The van der Waals surface area contributed by atoms with E-state index in [0.29, 0.717) is 6.42 Å². The van der Waals surface area contributed by atoms with E-state index >= 15 is 0 Å². The Hall–Kier alpha value is -1.10. The molecule has 15 heavy (non-hydrogen) atoms. The maximum atomic E-state index is 10.4. The van der Waals surface area contributed by atoms with Crippen molar-refractivity contribution in [3.63, 3.8) is 0 Å². The number of carboxylic acid groups (broad SMARTS) is 1. The van der Waals surface area contributed by atoms with Crippen LogP contribution < -0.4 is 5.73 Å². The minimum atomic E-state index is -1.50.